The van der Waals surface area contributed by atoms with Gasteiger partial charge in [-0.05, 0) is 87.8 Å². The third-order valence-corrected chi connectivity index (χ3v) is 8.68. The second kappa shape index (κ2) is 16.4. The van der Waals surface area contributed by atoms with E-state index in [9.17, 15) is 14.4 Å². The molecule has 4 unspecified atom stereocenters. The molecule has 0 radical (unpaired) electrons. The summed E-state index contributed by atoms with van der Waals surface area (Å²) in [6, 6.07) is 5.90. The van der Waals surface area contributed by atoms with Gasteiger partial charge in [0, 0.05) is 31.1 Å². The normalized spacial score (nSPS) is 21.9. The second-order valence-corrected chi connectivity index (χ2v) is 11.3. The zero-order valence-corrected chi connectivity index (χ0v) is 24.9. The van der Waals surface area contributed by atoms with E-state index in [1.165, 1.54) is 5.57 Å². The molecule has 6 heteroatoms. The molecule has 0 spiro atoms. The molecule has 1 saturated carbocycles. The predicted octanol–water partition coefficient (Wildman–Crippen LogP) is 7.23. The number of allylic oxidation sites excluding steroid dienone is 4. The highest BCUT2D eigenvalue weighted by molar-refractivity contribution is 5.92. The van der Waals surface area contributed by atoms with E-state index in [4.69, 9.17) is 14.2 Å². The van der Waals surface area contributed by atoms with Gasteiger partial charge >= 0.3 is 5.97 Å². The first-order chi connectivity index (χ1) is 19.4. The minimum atomic E-state index is -0.269. The number of ether oxygens (including phenoxy) is 3. The molecule has 2 aliphatic carbocycles. The molecular weight excluding hydrogens is 504 g/mol. The zero-order valence-electron chi connectivity index (χ0n) is 24.9. The second-order valence-electron chi connectivity index (χ2n) is 11.3. The number of ketones is 2. The number of Topliss-reactive ketones (excluding diaryl/α,β-unsaturated/α-hetero) is 2. The summed E-state index contributed by atoms with van der Waals surface area (Å²) in [6.45, 7) is 4.24. The van der Waals surface area contributed by atoms with Crippen LogP contribution in [0.4, 0.5) is 0 Å². The van der Waals surface area contributed by atoms with Gasteiger partial charge in [-0.1, -0.05) is 43.2 Å². The number of rotatable bonds is 15. The van der Waals surface area contributed by atoms with E-state index in [1.807, 2.05) is 25.1 Å². The summed E-state index contributed by atoms with van der Waals surface area (Å²) in [6.07, 6.45) is 15.2. The lowest BCUT2D eigenvalue weighted by molar-refractivity contribution is -0.144. The van der Waals surface area contributed by atoms with Gasteiger partial charge in [0.15, 0.2) is 11.5 Å². The third-order valence-electron chi connectivity index (χ3n) is 8.68. The minimum absolute atomic E-state index is 0.0621. The van der Waals surface area contributed by atoms with Gasteiger partial charge in [-0.25, -0.2) is 0 Å². The Hall–Kier alpha value is -2.89. The number of esters is 1. The van der Waals surface area contributed by atoms with Gasteiger partial charge < -0.3 is 14.2 Å². The third kappa shape index (κ3) is 9.35. The van der Waals surface area contributed by atoms with Crippen molar-refractivity contribution in [2.45, 2.75) is 90.9 Å². The SMILES string of the molecule is CCOC(=O)CC(CCc1ccc(OC)c(OC)c1)CCC1C(=O)CC(CC)CC(=O)C1CCC1=CC=CCC1. The van der Waals surface area contributed by atoms with Gasteiger partial charge in [0.05, 0.1) is 20.8 Å². The Morgan fingerprint density at radius 1 is 0.950 bits per heavy atom. The lowest BCUT2D eigenvalue weighted by Gasteiger charge is -2.26. The lowest BCUT2D eigenvalue weighted by Crippen LogP contribution is -2.28. The maximum absolute atomic E-state index is 13.5. The summed E-state index contributed by atoms with van der Waals surface area (Å²) >= 11 is 0. The molecule has 0 amide bonds. The molecule has 220 valence electrons. The van der Waals surface area contributed by atoms with Crippen LogP contribution >= 0.6 is 0 Å². The Morgan fingerprint density at radius 2 is 1.68 bits per heavy atom. The van der Waals surface area contributed by atoms with E-state index in [0.29, 0.717) is 50.2 Å². The number of carbonyl (C=O) groups excluding carboxylic acids is 3. The van der Waals surface area contributed by atoms with Crippen LogP contribution in [-0.4, -0.2) is 38.4 Å². The summed E-state index contributed by atoms with van der Waals surface area (Å²) in [7, 11) is 3.24. The molecule has 40 heavy (non-hydrogen) atoms. The summed E-state index contributed by atoms with van der Waals surface area (Å²) in [4.78, 5) is 39.5. The van der Waals surface area contributed by atoms with Crippen LogP contribution < -0.4 is 9.47 Å². The first-order valence-electron chi connectivity index (χ1n) is 15.1. The van der Waals surface area contributed by atoms with Crippen molar-refractivity contribution in [1.82, 2.24) is 0 Å². The van der Waals surface area contributed by atoms with Crippen molar-refractivity contribution in [2.24, 2.45) is 23.7 Å². The van der Waals surface area contributed by atoms with Crippen molar-refractivity contribution in [3.8, 4) is 11.5 Å². The fourth-order valence-electron chi connectivity index (χ4n) is 6.23. The van der Waals surface area contributed by atoms with Gasteiger partial charge in [-0.3, -0.25) is 14.4 Å². The Morgan fingerprint density at radius 3 is 2.30 bits per heavy atom. The monoisotopic (exact) mass is 552 g/mol. The van der Waals surface area contributed by atoms with Gasteiger partial charge in [-0.15, -0.1) is 0 Å². The molecule has 0 bridgehead atoms. The number of methoxy groups -OCH3 is 2. The molecule has 1 aromatic rings. The van der Waals surface area contributed by atoms with Gasteiger partial charge in [0.2, 0.25) is 0 Å². The first-order valence-corrected chi connectivity index (χ1v) is 15.1. The van der Waals surface area contributed by atoms with Crippen molar-refractivity contribution in [3.63, 3.8) is 0 Å². The van der Waals surface area contributed by atoms with Crippen molar-refractivity contribution >= 4 is 17.5 Å². The largest absolute Gasteiger partial charge is 0.493 e. The molecule has 2 aliphatic rings. The topological polar surface area (TPSA) is 78.9 Å². The van der Waals surface area contributed by atoms with E-state index in [2.05, 4.69) is 25.2 Å². The van der Waals surface area contributed by atoms with E-state index < -0.39 is 0 Å². The van der Waals surface area contributed by atoms with E-state index in [-0.39, 0.29) is 41.2 Å². The first kappa shape index (κ1) is 31.6. The van der Waals surface area contributed by atoms with E-state index >= 15 is 0 Å². The molecule has 0 aromatic heterocycles. The molecule has 3 rings (SSSR count). The van der Waals surface area contributed by atoms with Crippen LogP contribution in [0.25, 0.3) is 0 Å². The molecule has 6 nitrogen and oxygen atoms in total. The van der Waals surface area contributed by atoms with Gasteiger partial charge in [0.25, 0.3) is 0 Å². The molecule has 0 aliphatic heterocycles. The number of hydrogen-bond donors (Lipinski definition) is 0. The smallest absolute Gasteiger partial charge is 0.306 e. The number of aryl methyl sites for hydroxylation is 1. The lowest BCUT2D eigenvalue weighted by atomic mass is 9.77. The molecule has 4 atom stereocenters. The number of carbonyl (C=O) groups is 3. The number of benzene rings is 1. The molecular formula is C34H48O6. The fraction of sp³-hybridized carbons (Fsp3) is 0.618. The van der Waals surface area contributed by atoms with E-state index in [1.54, 1.807) is 14.2 Å². The minimum Gasteiger partial charge on any atom is -0.493 e. The predicted molar refractivity (Wildman–Crippen MR) is 158 cm³/mol. The molecule has 1 aromatic carbocycles. The van der Waals surface area contributed by atoms with Crippen LogP contribution in [-0.2, 0) is 25.5 Å². The summed E-state index contributed by atoms with van der Waals surface area (Å²) in [5.74, 6) is 1.35. The summed E-state index contributed by atoms with van der Waals surface area (Å²) in [5.41, 5.74) is 2.47. The fourth-order valence-corrected chi connectivity index (χ4v) is 6.23. The Kier molecular flexibility index (Phi) is 13.0. The van der Waals surface area contributed by atoms with Crippen LogP contribution in [0, 0.1) is 23.7 Å². The highest BCUT2D eigenvalue weighted by Gasteiger charge is 2.38. The Bertz CT molecular complexity index is 1050. The van der Waals surface area contributed by atoms with Crippen LogP contribution in [0.1, 0.15) is 90.0 Å². The van der Waals surface area contributed by atoms with Crippen molar-refractivity contribution in [2.75, 3.05) is 20.8 Å². The van der Waals surface area contributed by atoms with Gasteiger partial charge in [-0.2, -0.15) is 0 Å². The quantitative estimate of drug-likeness (QED) is 0.169. The maximum atomic E-state index is 13.5. The van der Waals surface area contributed by atoms with Crippen molar-refractivity contribution in [1.29, 1.82) is 0 Å². The van der Waals surface area contributed by atoms with Crippen molar-refractivity contribution in [3.05, 3.63) is 47.6 Å². The average molecular weight is 553 g/mol. The maximum Gasteiger partial charge on any atom is 0.306 e. The molecule has 0 N–H and O–H groups in total. The average Bonchev–Trinajstić information content (AvgIpc) is 3.08. The zero-order chi connectivity index (χ0) is 28.9. The number of hydrogen-bond acceptors (Lipinski definition) is 6. The van der Waals surface area contributed by atoms with Crippen LogP contribution in [0.15, 0.2) is 42.0 Å². The molecule has 0 heterocycles. The van der Waals surface area contributed by atoms with Crippen LogP contribution in [0.3, 0.4) is 0 Å². The summed E-state index contributed by atoms with van der Waals surface area (Å²) < 4.78 is 16.1. The Labute approximate surface area is 240 Å². The Balaban J connectivity index is 1.73. The standard InChI is InChI=1S/C34H48O6/c1-5-24-20-30(35)28(17-14-25-10-8-7-9-11-25)29(31(36)21-24)18-15-27(23-34(37)40-6-2)13-12-26-16-19-32(38-3)33(22-26)39-4/h7-8,10,16,19,22,24,27-29H,5-6,9,11-15,17-18,20-21,23H2,1-4H3. The molecule has 0 saturated heterocycles. The highest BCUT2D eigenvalue weighted by atomic mass is 16.5. The van der Waals surface area contributed by atoms with Crippen LogP contribution in [0.2, 0.25) is 0 Å². The summed E-state index contributed by atoms with van der Waals surface area (Å²) in [5, 5.41) is 0. The van der Waals surface area contributed by atoms with Crippen LogP contribution in [0.5, 0.6) is 11.5 Å². The molecule has 1 fully saturated rings. The highest BCUT2D eigenvalue weighted by Crippen LogP contribution is 2.37. The van der Waals surface area contributed by atoms with Gasteiger partial charge in [0.1, 0.15) is 11.6 Å². The van der Waals surface area contributed by atoms with Crippen molar-refractivity contribution < 1.29 is 28.6 Å². The van der Waals surface area contributed by atoms with E-state index in [0.717, 1.165) is 50.5 Å².